The number of anilines is 1. The number of unbranched alkanes of at least 4 members (excludes halogenated alkanes) is 1. The topological polar surface area (TPSA) is 70.9 Å². The van der Waals surface area contributed by atoms with E-state index in [0.717, 1.165) is 47.1 Å². The van der Waals surface area contributed by atoms with Gasteiger partial charge in [-0.3, -0.25) is 4.98 Å². The minimum atomic E-state index is -1.75. The summed E-state index contributed by atoms with van der Waals surface area (Å²) in [5.74, 6) is 0.493. The number of aliphatic hydroxyl groups is 1. The van der Waals surface area contributed by atoms with Gasteiger partial charge in [-0.15, -0.1) is 0 Å². The van der Waals surface area contributed by atoms with Crippen molar-refractivity contribution in [1.29, 1.82) is 0 Å². The first-order chi connectivity index (χ1) is 18.1. The maximum Gasteiger partial charge on any atom is 0.229 e. The Morgan fingerprint density at radius 3 is 2.34 bits per heavy atom. The molecule has 2 N–H and O–H groups in total. The third-order valence-corrected chi connectivity index (χ3v) is 6.55. The zero-order chi connectivity index (χ0) is 27.9. The van der Waals surface area contributed by atoms with Crippen molar-refractivity contribution in [3.8, 4) is 11.1 Å². The van der Waals surface area contributed by atoms with Crippen molar-refractivity contribution >= 4 is 28.2 Å². The van der Waals surface area contributed by atoms with Crippen LogP contribution in [0.4, 0.5) is 18.9 Å². The molecule has 0 saturated carbocycles. The Kier molecular flexibility index (Phi) is 10.1. The molecule has 2 heterocycles. The lowest BCUT2D eigenvalue weighted by atomic mass is 9.96. The number of fused-ring (bicyclic) bond motifs is 1. The van der Waals surface area contributed by atoms with Crippen molar-refractivity contribution in [1.82, 2.24) is 15.0 Å². The van der Waals surface area contributed by atoms with Gasteiger partial charge in [-0.2, -0.15) is 0 Å². The van der Waals surface area contributed by atoms with E-state index in [1.54, 1.807) is 26.0 Å². The van der Waals surface area contributed by atoms with E-state index in [1.165, 1.54) is 6.07 Å². The highest BCUT2D eigenvalue weighted by atomic mass is 35.5. The zero-order valence-electron chi connectivity index (χ0n) is 22.0. The fraction of sp³-hybridized carbons (Fsp3) is 0.345. The quantitative estimate of drug-likeness (QED) is 0.236. The molecule has 0 aliphatic heterocycles. The van der Waals surface area contributed by atoms with Crippen LogP contribution in [0.1, 0.15) is 56.3 Å². The van der Waals surface area contributed by atoms with Crippen molar-refractivity contribution in [2.24, 2.45) is 0 Å². The number of aryl methyl sites for hydroxylation is 2. The molecule has 0 radical (unpaired) electrons. The monoisotopic (exact) mass is 544 g/mol. The normalized spacial score (nSPS) is 11.3. The van der Waals surface area contributed by atoms with Gasteiger partial charge >= 0.3 is 0 Å². The molecule has 0 aliphatic rings. The number of pyridine rings is 1. The van der Waals surface area contributed by atoms with Gasteiger partial charge in [0.25, 0.3) is 0 Å². The van der Waals surface area contributed by atoms with Crippen molar-refractivity contribution < 1.29 is 18.3 Å². The van der Waals surface area contributed by atoms with Gasteiger partial charge in [0.2, 0.25) is 6.93 Å². The smallest absolute Gasteiger partial charge is 0.229 e. The number of nitrogens with zero attached hydrogens (tertiary/aromatic N) is 3. The molecule has 4 rings (SSSR count). The summed E-state index contributed by atoms with van der Waals surface area (Å²) in [5, 5.41) is 15.0. The summed E-state index contributed by atoms with van der Waals surface area (Å²) in [6.45, 7) is 5.80. The van der Waals surface area contributed by atoms with Crippen LogP contribution in [0.15, 0.2) is 48.8 Å². The van der Waals surface area contributed by atoms with E-state index in [0.29, 0.717) is 27.5 Å². The largest absolute Gasteiger partial charge is 0.386 e. The first-order valence-corrected chi connectivity index (χ1v) is 12.7. The minimum absolute atomic E-state index is 0.202. The Balaban J connectivity index is 0.00000127. The summed E-state index contributed by atoms with van der Waals surface area (Å²) in [4.78, 5) is 13.6. The van der Waals surface area contributed by atoms with Crippen molar-refractivity contribution in [2.75, 3.05) is 12.2 Å². The van der Waals surface area contributed by atoms with Crippen molar-refractivity contribution in [2.45, 2.75) is 59.1 Å². The molecule has 0 saturated heterocycles. The predicted molar refractivity (Wildman–Crippen MR) is 147 cm³/mol. The molecule has 38 heavy (non-hydrogen) atoms. The number of alkyl halides is 2. The van der Waals surface area contributed by atoms with E-state index in [2.05, 4.69) is 27.2 Å². The Morgan fingerprint density at radius 1 is 1.03 bits per heavy atom. The van der Waals surface area contributed by atoms with Gasteiger partial charge in [-0.05, 0) is 62.6 Å². The average molecular weight is 545 g/mol. The van der Waals surface area contributed by atoms with Gasteiger partial charge in [0.05, 0.1) is 27.5 Å². The fourth-order valence-electron chi connectivity index (χ4n) is 3.96. The molecule has 2 aromatic carbocycles. The molecule has 4 aromatic rings. The van der Waals surface area contributed by atoms with Crippen LogP contribution in [0.2, 0.25) is 5.02 Å². The van der Waals surface area contributed by atoms with Crippen LogP contribution in [-0.2, 0) is 18.6 Å². The zero-order valence-corrected chi connectivity index (χ0v) is 22.7. The Labute approximate surface area is 226 Å². The van der Waals surface area contributed by atoms with Crippen LogP contribution in [-0.4, -0.2) is 27.0 Å². The van der Waals surface area contributed by atoms with E-state index in [-0.39, 0.29) is 12.4 Å². The van der Waals surface area contributed by atoms with Crippen molar-refractivity contribution in [3.05, 3.63) is 82.3 Å². The van der Waals surface area contributed by atoms with Crippen molar-refractivity contribution in [3.63, 3.8) is 0 Å². The van der Waals surface area contributed by atoms with E-state index in [9.17, 15) is 18.3 Å². The summed E-state index contributed by atoms with van der Waals surface area (Å²) in [6.07, 6.45) is 6.71. The van der Waals surface area contributed by atoms with Gasteiger partial charge in [0, 0.05) is 41.9 Å². The average Bonchev–Trinajstić information content (AvgIpc) is 2.88. The third-order valence-electron chi connectivity index (χ3n) is 6.09. The molecule has 5 nitrogen and oxygen atoms in total. The van der Waals surface area contributed by atoms with Gasteiger partial charge in [-0.25, -0.2) is 23.1 Å². The first kappa shape index (κ1) is 29.3. The molecule has 0 atom stereocenters. The molecule has 0 aliphatic carbocycles. The van der Waals surface area contributed by atoms with Crippen LogP contribution in [0.25, 0.3) is 22.0 Å². The van der Waals surface area contributed by atoms with Gasteiger partial charge in [-0.1, -0.05) is 37.1 Å². The van der Waals surface area contributed by atoms with Gasteiger partial charge in [0.1, 0.15) is 11.6 Å². The molecule has 0 unspecified atom stereocenters. The molecular formula is C29H32ClF3N4O. The number of halogens is 4. The summed E-state index contributed by atoms with van der Waals surface area (Å²) in [6, 6.07) is 10.6. The summed E-state index contributed by atoms with van der Waals surface area (Å²) in [7, 11) is 0. The SMILES string of the molecule is CCCCc1ncc(-c2ccc3nc(C)c(Cl)c(NCc4cc(C(C)(C)O)ccc4F)c3c2)cn1.FCF. The standard InChI is InChI=1S/C28H30ClFN4O.CH2F2/c1-5-6-7-25-31-15-20(16-32-25)18-8-11-24-22(13-18)27(26(29)17(2)34-24)33-14-19-12-21(28(3,4)35)9-10-23(19)30;2-1-3/h8-13,15-16,35H,5-7,14H2,1-4H3,(H,33,34);1H2. The highest BCUT2D eigenvalue weighted by Gasteiger charge is 2.18. The van der Waals surface area contributed by atoms with Crippen LogP contribution >= 0.6 is 11.6 Å². The highest BCUT2D eigenvalue weighted by Crippen LogP contribution is 2.35. The predicted octanol–water partition coefficient (Wildman–Crippen LogP) is 7.86. The van der Waals surface area contributed by atoms with Crippen LogP contribution in [0, 0.1) is 12.7 Å². The molecular weight excluding hydrogens is 513 g/mol. The second kappa shape index (κ2) is 13.0. The molecule has 0 amide bonds. The van der Waals surface area contributed by atoms with Gasteiger partial charge < -0.3 is 10.4 Å². The molecule has 2 aromatic heterocycles. The van der Waals surface area contributed by atoms with E-state index in [4.69, 9.17) is 11.6 Å². The van der Waals surface area contributed by atoms with E-state index >= 15 is 0 Å². The third kappa shape index (κ3) is 7.20. The Bertz CT molecular complexity index is 1380. The molecule has 0 fully saturated rings. The van der Waals surface area contributed by atoms with E-state index < -0.39 is 12.5 Å². The van der Waals surface area contributed by atoms with E-state index in [1.807, 2.05) is 37.5 Å². The second-order valence-corrected chi connectivity index (χ2v) is 9.81. The minimum Gasteiger partial charge on any atom is -0.386 e. The number of rotatable bonds is 8. The summed E-state index contributed by atoms with van der Waals surface area (Å²) < 4.78 is 33.8. The number of aromatic nitrogens is 3. The first-order valence-electron chi connectivity index (χ1n) is 12.4. The lowest BCUT2D eigenvalue weighted by Crippen LogP contribution is -2.16. The van der Waals surface area contributed by atoms with Crippen LogP contribution in [0.3, 0.4) is 0 Å². The molecule has 0 spiro atoms. The second-order valence-electron chi connectivity index (χ2n) is 9.43. The van der Waals surface area contributed by atoms with Crippen LogP contribution < -0.4 is 5.32 Å². The molecule has 0 bridgehead atoms. The summed E-state index contributed by atoms with van der Waals surface area (Å²) >= 11 is 6.67. The maximum atomic E-state index is 14.6. The lowest BCUT2D eigenvalue weighted by molar-refractivity contribution is 0.0784. The maximum absolute atomic E-state index is 14.6. The van der Waals surface area contributed by atoms with Crippen LogP contribution in [0.5, 0.6) is 0 Å². The number of hydrogen-bond donors (Lipinski definition) is 2. The Hall–Kier alpha value is -3.23. The lowest BCUT2D eigenvalue weighted by Gasteiger charge is -2.20. The Morgan fingerprint density at radius 2 is 1.71 bits per heavy atom. The fourth-order valence-corrected chi connectivity index (χ4v) is 4.17. The molecule has 9 heteroatoms. The summed E-state index contributed by atoms with van der Waals surface area (Å²) in [5.41, 5.74) is 4.01. The van der Waals surface area contributed by atoms with Gasteiger partial charge in [0.15, 0.2) is 0 Å². The highest BCUT2D eigenvalue weighted by molar-refractivity contribution is 6.35. The number of nitrogens with one attached hydrogen (secondary N) is 1. The molecule has 202 valence electrons. The number of benzene rings is 2. The number of hydrogen-bond acceptors (Lipinski definition) is 5.